The van der Waals surface area contributed by atoms with Gasteiger partial charge >= 0.3 is 5.97 Å². The molecule has 0 atom stereocenters. The van der Waals surface area contributed by atoms with Crippen molar-refractivity contribution in [2.45, 2.75) is 25.2 Å². The number of carboxylic acids is 1. The lowest BCUT2D eigenvalue weighted by atomic mass is 10.3. The van der Waals surface area contributed by atoms with Gasteiger partial charge in [-0.2, -0.15) is 4.31 Å². The highest BCUT2D eigenvalue weighted by Gasteiger charge is 2.22. The van der Waals surface area contributed by atoms with E-state index in [1.165, 1.54) is 16.4 Å². The zero-order chi connectivity index (χ0) is 16.5. The van der Waals surface area contributed by atoms with E-state index in [-0.39, 0.29) is 11.3 Å². The molecule has 120 valence electrons. The molecule has 0 unspecified atom stereocenters. The lowest BCUT2D eigenvalue weighted by Gasteiger charge is -2.18. The highest BCUT2D eigenvalue weighted by Crippen LogP contribution is 2.22. The van der Waals surface area contributed by atoms with E-state index in [2.05, 4.69) is 4.98 Å². The number of carboxylic acid groups (broad SMARTS) is 1. The van der Waals surface area contributed by atoms with Gasteiger partial charge in [0.25, 0.3) is 0 Å². The van der Waals surface area contributed by atoms with Crippen molar-refractivity contribution in [3.05, 3.63) is 24.0 Å². The van der Waals surface area contributed by atoms with E-state index in [0.717, 1.165) is 0 Å². The van der Waals surface area contributed by atoms with E-state index < -0.39 is 16.0 Å². The zero-order valence-electron chi connectivity index (χ0n) is 12.8. The molecule has 1 aromatic heterocycles. The molecule has 0 saturated heterocycles. The normalized spacial score (nSPS) is 12.2. The van der Waals surface area contributed by atoms with Gasteiger partial charge in [-0.15, -0.1) is 0 Å². The van der Waals surface area contributed by atoms with Gasteiger partial charge in [-0.1, -0.05) is 13.8 Å². The summed E-state index contributed by atoms with van der Waals surface area (Å²) in [7, 11) is -1.84. The smallest absolute Gasteiger partial charge is 0.311 e. The molecule has 2 aromatic rings. The fraction of sp³-hybridized carbons (Fsp3) is 0.429. The van der Waals surface area contributed by atoms with Crippen LogP contribution in [0.25, 0.3) is 11.0 Å². The van der Waals surface area contributed by atoms with E-state index in [4.69, 9.17) is 5.11 Å². The molecule has 1 aromatic carbocycles. The largest absolute Gasteiger partial charge is 0.481 e. The van der Waals surface area contributed by atoms with Crippen molar-refractivity contribution >= 4 is 27.0 Å². The molecule has 0 amide bonds. The maximum atomic E-state index is 12.5. The highest BCUT2D eigenvalue weighted by molar-refractivity contribution is 7.89. The molecule has 7 nitrogen and oxygen atoms in total. The minimum absolute atomic E-state index is 0.170. The number of hydrogen-bond acceptors (Lipinski definition) is 4. The Morgan fingerprint density at radius 3 is 2.50 bits per heavy atom. The van der Waals surface area contributed by atoms with Gasteiger partial charge in [0.05, 0.1) is 15.9 Å². The Hall–Kier alpha value is -1.93. The Kier molecular flexibility index (Phi) is 4.52. The lowest BCUT2D eigenvalue weighted by molar-refractivity contribution is -0.136. The van der Waals surface area contributed by atoms with Gasteiger partial charge in [-0.05, 0) is 18.2 Å². The number of aliphatic carboxylic acids is 1. The van der Waals surface area contributed by atoms with Gasteiger partial charge in [0.1, 0.15) is 12.2 Å². The van der Waals surface area contributed by atoms with Crippen LogP contribution in [0.3, 0.4) is 0 Å². The molecule has 0 bridgehead atoms. The first kappa shape index (κ1) is 16.4. The molecule has 0 saturated carbocycles. The molecule has 0 spiro atoms. The van der Waals surface area contributed by atoms with Gasteiger partial charge in [0, 0.05) is 20.1 Å². The van der Waals surface area contributed by atoms with Crippen LogP contribution in [0.5, 0.6) is 0 Å². The van der Waals surface area contributed by atoms with Crippen molar-refractivity contribution in [3.8, 4) is 0 Å². The van der Waals surface area contributed by atoms with Crippen LogP contribution in [0.15, 0.2) is 23.1 Å². The summed E-state index contributed by atoms with van der Waals surface area (Å²) in [5, 5.41) is 8.88. The summed E-state index contributed by atoms with van der Waals surface area (Å²) in [5.74, 6) is -0.589. The summed E-state index contributed by atoms with van der Waals surface area (Å²) in [5.41, 5.74) is 1.18. The molecule has 22 heavy (non-hydrogen) atoms. The Labute approximate surface area is 129 Å². The third-order valence-electron chi connectivity index (χ3n) is 3.60. The Morgan fingerprint density at radius 1 is 1.32 bits per heavy atom. The Bertz CT molecular complexity index is 807. The van der Waals surface area contributed by atoms with Crippen LogP contribution in [0.1, 0.15) is 19.7 Å². The van der Waals surface area contributed by atoms with Gasteiger partial charge < -0.3 is 9.67 Å². The predicted molar refractivity (Wildman–Crippen MR) is 82.2 cm³/mol. The number of imidazole rings is 1. The van der Waals surface area contributed by atoms with Crippen LogP contribution in [-0.4, -0.2) is 46.4 Å². The molecule has 0 fully saturated rings. The summed E-state index contributed by atoms with van der Waals surface area (Å²) in [6, 6.07) is 4.68. The fourth-order valence-electron chi connectivity index (χ4n) is 2.40. The number of rotatable bonds is 6. The minimum atomic E-state index is -3.55. The maximum absolute atomic E-state index is 12.5. The number of benzene rings is 1. The number of carbonyl (C=O) groups is 1. The van der Waals surface area contributed by atoms with Gasteiger partial charge in [0.15, 0.2) is 0 Å². The molecule has 0 radical (unpaired) electrons. The van der Waals surface area contributed by atoms with Gasteiger partial charge in [-0.3, -0.25) is 4.79 Å². The van der Waals surface area contributed by atoms with Gasteiger partial charge in [-0.25, -0.2) is 13.4 Å². The van der Waals surface area contributed by atoms with E-state index >= 15 is 0 Å². The summed E-state index contributed by atoms with van der Waals surface area (Å²) in [6.45, 7) is 4.35. The molecule has 2 rings (SSSR count). The van der Waals surface area contributed by atoms with E-state index in [1.807, 2.05) is 0 Å². The molecular weight excluding hydrogens is 306 g/mol. The van der Waals surface area contributed by atoms with Crippen LogP contribution in [0, 0.1) is 0 Å². The first-order valence-electron chi connectivity index (χ1n) is 6.98. The minimum Gasteiger partial charge on any atom is -0.481 e. The Morgan fingerprint density at radius 2 is 1.95 bits per heavy atom. The van der Waals surface area contributed by atoms with Crippen LogP contribution in [0.4, 0.5) is 0 Å². The number of fused-ring (bicyclic) bond motifs is 1. The molecule has 1 N–H and O–H groups in total. The highest BCUT2D eigenvalue weighted by atomic mass is 32.2. The average Bonchev–Trinajstić information content (AvgIpc) is 2.75. The fourth-order valence-corrected chi connectivity index (χ4v) is 3.87. The standard InChI is InChI=1S/C14H19N3O4S/c1-4-17(5-2)22(20,21)10-6-7-12-11(8-10)15-13(16(12)3)9-14(18)19/h6-8H,4-5,9H2,1-3H3,(H,18,19). The van der Waals surface area contributed by atoms with Gasteiger partial charge in [0.2, 0.25) is 10.0 Å². The van der Waals surface area contributed by atoms with Crippen LogP contribution in [0.2, 0.25) is 0 Å². The summed E-state index contributed by atoms with van der Waals surface area (Å²) in [4.78, 5) is 15.2. The van der Waals surface area contributed by atoms with Crippen LogP contribution in [-0.2, 0) is 28.3 Å². The maximum Gasteiger partial charge on any atom is 0.311 e. The zero-order valence-corrected chi connectivity index (χ0v) is 13.6. The lowest BCUT2D eigenvalue weighted by Crippen LogP contribution is -2.30. The monoisotopic (exact) mass is 325 g/mol. The van der Waals surface area contributed by atoms with Crippen molar-refractivity contribution in [1.29, 1.82) is 0 Å². The van der Waals surface area contributed by atoms with Crippen molar-refractivity contribution in [3.63, 3.8) is 0 Å². The topological polar surface area (TPSA) is 92.5 Å². The molecule has 1 heterocycles. The molecule has 8 heteroatoms. The van der Waals surface area contributed by atoms with Crippen molar-refractivity contribution in [2.75, 3.05) is 13.1 Å². The third kappa shape index (κ3) is 2.84. The first-order chi connectivity index (χ1) is 10.3. The quantitative estimate of drug-likeness (QED) is 0.862. The second-order valence-corrected chi connectivity index (χ2v) is 6.84. The second-order valence-electron chi connectivity index (χ2n) is 4.90. The summed E-state index contributed by atoms with van der Waals surface area (Å²) in [6.07, 6.45) is -0.205. The van der Waals surface area contributed by atoms with E-state index in [0.29, 0.717) is 29.9 Å². The van der Waals surface area contributed by atoms with Crippen molar-refractivity contribution in [1.82, 2.24) is 13.9 Å². The number of hydrogen-bond donors (Lipinski definition) is 1. The van der Waals surface area contributed by atoms with Crippen LogP contribution < -0.4 is 0 Å². The van der Waals surface area contributed by atoms with Crippen molar-refractivity contribution < 1.29 is 18.3 Å². The number of sulfonamides is 1. The number of nitrogens with zero attached hydrogens (tertiary/aromatic N) is 3. The third-order valence-corrected chi connectivity index (χ3v) is 5.64. The van der Waals surface area contributed by atoms with E-state index in [9.17, 15) is 13.2 Å². The molecule has 0 aliphatic rings. The molecule has 0 aliphatic carbocycles. The molecule has 0 aliphatic heterocycles. The second kappa shape index (κ2) is 6.05. The predicted octanol–water partition coefficient (Wildman–Crippen LogP) is 1.23. The number of aromatic nitrogens is 2. The summed E-state index contributed by atoms with van der Waals surface area (Å²) < 4.78 is 28.0. The van der Waals surface area contributed by atoms with Crippen LogP contribution >= 0.6 is 0 Å². The molecular formula is C14H19N3O4S. The average molecular weight is 325 g/mol. The number of aryl methyl sites for hydroxylation is 1. The summed E-state index contributed by atoms with van der Waals surface area (Å²) >= 11 is 0. The van der Waals surface area contributed by atoms with Crippen molar-refractivity contribution in [2.24, 2.45) is 7.05 Å². The SMILES string of the molecule is CCN(CC)S(=O)(=O)c1ccc2c(c1)nc(CC(=O)O)n2C. The van der Waals surface area contributed by atoms with E-state index in [1.54, 1.807) is 31.5 Å². The Balaban J connectivity index is 2.53. The first-order valence-corrected chi connectivity index (χ1v) is 8.42.